The van der Waals surface area contributed by atoms with Gasteiger partial charge < -0.3 is 4.74 Å². The average Bonchev–Trinajstić information content (AvgIpc) is 2.27. The van der Waals surface area contributed by atoms with E-state index in [2.05, 4.69) is 16.6 Å². The second kappa shape index (κ2) is 6.09. The lowest BCUT2D eigenvalue weighted by molar-refractivity contribution is 0.0830. The first kappa shape index (κ1) is 11.6. The van der Waals surface area contributed by atoms with Crippen LogP contribution < -0.4 is 0 Å². The van der Waals surface area contributed by atoms with Gasteiger partial charge in [0.2, 0.25) is 0 Å². The van der Waals surface area contributed by atoms with Crippen molar-refractivity contribution < 1.29 is 9.53 Å². The number of azide groups is 1. The minimum atomic E-state index is -0.868. The Morgan fingerprint density at radius 2 is 2.20 bits per heavy atom. The summed E-state index contributed by atoms with van der Waals surface area (Å²) >= 11 is 0. The first-order valence-electron chi connectivity index (χ1n) is 5.16. The van der Waals surface area contributed by atoms with Crippen molar-refractivity contribution in [3.8, 4) is 0 Å². The zero-order chi connectivity index (χ0) is 11.1. The summed E-state index contributed by atoms with van der Waals surface area (Å²) in [6.07, 6.45) is 6.07. The van der Waals surface area contributed by atoms with E-state index in [1.807, 2.05) is 0 Å². The number of hydrogen-bond donors (Lipinski definition) is 0. The van der Waals surface area contributed by atoms with Crippen molar-refractivity contribution in [2.24, 2.45) is 11.0 Å². The largest absolute Gasteiger partial charge is 0.453 e. The van der Waals surface area contributed by atoms with Crippen LogP contribution in [0.3, 0.4) is 0 Å². The molecular weight excluding hydrogens is 194 g/mol. The Kier molecular flexibility index (Phi) is 4.71. The molecule has 1 rings (SSSR count). The van der Waals surface area contributed by atoms with Gasteiger partial charge in [0.25, 0.3) is 0 Å². The molecule has 0 aromatic rings. The third kappa shape index (κ3) is 3.64. The van der Waals surface area contributed by atoms with Crippen LogP contribution in [0.1, 0.15) is 32.1 Å². The van der Waals surface area contributed by atoms with Gasteiger partial charge in [0.05, 0.1) is 0 Å². The Labute approximate surface area is 88.7 Å². The topological polar surface area (TPSA) is 75.1 Å². The molecule has 15 heavy (non-hydrogen) atoms. The lowest BCUT2D eigenvalue weighted by atomic mass is 9.85. The Morgan fingerprint density at radius 3 is 2.73 bits per heavy atom. The molecule has 1 saturated carbocycles. The van der Waals surface area contributed by atoms with Gasteiger partial charge in [-0.15, -0.1) is 0 Å². The third-order valence-corrected chi connectivity index (χ3v) is 2.71. The SMILES string of the molecule is C=CC(OC(=O)N=[N+]=[N-])C1CCCCC1. The number of nitrogens with zero attached hydrogens (tertiary/aromatic N) is 3. The summed E-state index contributed by atoms with van der Waals surface area (Å²) in [5, 5.41) is 2.88. The number of ether oxygens (including phenoxy) is 1. The van der Waals surface area contributed by atoms with E-state index < -0.39 is 6.09 Å². The predicted octanol–water partition coefficient (Wildman–Crippen LogP) is 3.57. The highest BCUT2D eigenvalue weighted by Gasteiger charge is 2.23. The lowest BCUT2D eigenvalue weighted by Crippen LogP contribution is -2.25. The maximum absolute atomic E-state index is 11.0. The maximum Gasteiger partial charge on any atom is 0.397 e. The van der Waals surface area contributed by atoms with E-state index in [4.69, 9.17) is 10.3 Å². The van der Waals surface area contributed by atoms with Crippen LogP contribution in [0.4, 0.5) is 4.79 Å². The van der Waals surface area contributed by atoms with Crippen LogP contribution in [-0.4, -0.2) is 12.2 Å². The number of carbonyl (C=O) groups is 1. The van der Waals surface area contributed by atoms with Gasteiger partial charge in [0.1, 0.15) is 6.10 Å². The van der Waals surface area contributed by atoms with E-state index in [-0.39, 0.29) is 6.10 Å². The van der Waals surface area contributed by atoms with E-state index >= 15 is 0 Å². The first-order chi connectivity index (χ1) is 7.27. The van der Waals surface area contributed by atoms with E-state index in [9.17, 15) is 4.79 Å². The molecule has 0 radical (unpaired) electrons. The Hall–Kier alpha value is -1.48. The zero-order valence-electron chi connectivity index (χ0n) is 8.63. The van der Waals surface area contributed by atoms with Gasteiger partial charge in [0, 0.05) is 10.0 Å². The average molecular weight is 209 g/mol. The van der Waals surface area contributed by atoms with Crippen molar-refractivity contribution in [1.29, 1.82) is 0 Å². The second-order valence-electron chi connectivity index (χ2n) is 3.67. The molecule has 1 unspecified atom stereocenters. The molecule has 0 aromatic carbocycles. The van der Waals surface area contributed by atoms with Gasteiger partial charge in [-0.05, 0) is 24.3 Å². The highest BCUT2D eigenvalue weighted by Crippen LogP contribution is 2.28. The Balaban J connectivity index is 2.50. The van der Waals surface area contributed by atoms with Crippen molar-refractivity contribution in [3.63, 3.8) is 0 Å². The van der Waals surface area contributed by atoms with Gasteiger partial charge in [-0.2, -0.15) is 0 Å². The molecule has 0 spiro atoms. The molecule has 0 heterocycles. The molecule has 1 aliphatic rings. The molecular formula is C10H15N3O2. The summed E-state index contributed by atoms with van der Waals surface area (Å²) in [6.45, 7) is 3.64. The third-order valence-electron chi connectivity index (χ3n) is 2.71. The first-order valence-corrected chi connectivity index (χ1v) is 5.16. The quantitative estimate of drug-likeness (QED) is 0.308. The van der Waals surface area contributed by atoms with Gasteiger partial charge >= 0.3 is 6.09 Å². The molecule has 1 fully saturated rings. The molecule has 5 heteroatoms. The Morgan fingerprint density at radius 1 is 1.53 bits per heavy atom. The van der Waals surface area contributed by atoms with Crippen LogP contribution in [0.15, 0.2) is 17.8 Å². The number of carbonyl (C=O) groups excluding carboxylic acids is 1. The van der Waals surface area contributed by atoms with E-state index in [1.165, 1.54) is 6.42 Å². The monoisotopic (exact) mass is 209 g/mol. The summed E-state index contributed by atoms with van der Waals surface area (Å²) in [4.78, 5) is 13.3. The smallest absolute Gasteiger partial charge is 0.397 e. The van der Waals surface area contributed by atoms with Crippen LogP contribution >= 0.6 is 0 Å². The number of hydrogen-bond acceptors (Lipinski definition) is 2. The van der Waals surface area contributed by atoms with Crippen LogP contribution in [0.5, 0.6) is 0 Å². The number of amides is 1. The van der Waals surface area contributed by atoms with E-state index in [0.29, 0.717) is 5.92 Å². The molecule has 1 atom stereocenters. The summed E-state index contributed by atoms with van der Waals surface area (Å²) in [6, 6.07) is 0. The molecule has 5 nitrogen and oxygen atoms in total. The van der Waals surface area contributed by atoms with Crippen molar-refractivity contribution in [1.82, 2.24) is 0 Å². The molecule has 82 valence electrons. The standard InChI is InChI=1S/C10H15N3O2/c1-2-9(15-10(14)12-13-11)8-6-4-3-5-7-8/h2,8-9H,1,3-7H2. The minimum Gasteiger partial charge on any atom is -0.453 e. The van der Waals surface area contributed by atoms with E-state index in [0.717, 1.165) is 25.7 Å². The predicted molar refractivity (Wildman–Crippen MR) is 56.2 cm³/mol. The fourth-order valence-electron chi connectivity index (χ4n) is 1.98. The van der Waals surface area contributed by atoms with Crippen LogP contribution in [-0.2, 0) is 4.74 Å². The molecule has 0 N–H and O–H groups in total. The number of rotatable bonds is 3. The zero-order valence-corrected chi connectivity index (χ0v) is 8.63. The van der Waals surface area contributed by atoms with Crippen molar-refractivity contribution in [2.45, 2.75) is 38.2 Å². The normalized spacial score (nSPS) is 18.7. The van der Waals surface area contributed by atoms with Crippen molar-refractivity contribution >= 4 is 6.09 Å². The highest BCUT2D eigenvalue weighted by molar-refractivity contribution is 5.68. The molecule has 0 aliphatic heterocycles. The fourth-order valence-corrected chi connectivity index (χ4v) is 1.98. The lowest BCUT2D eigenvalue weighted by Gasteiger charge is -2.27. The van der Waals surface area contributed by atoms with Gasteiger partial charge in [-0.1, -0.05) is 31.9 Å². The van der Waals surface area contributed by atoms with Gasteiger partial charge in [-0.25, -0.2) is 4.79 Å². The Bertz CT molecular complexity index is 278. The van der Waals surface area contributed by atoms with Crippen molar-refractivity contribution in [2.75, 3.05) is 0 Å². The van der Waals surface area contributed by atoms with Gasteiger partial charge in [-0.3, -0.25) is 0 Å². The van der Waals surface area contributed by atoms with Crippen LogP contribution in [0.2, 0.25) is 0 Å². The minimum absolute atomic E-state index is 0.316. The molecule has 1 aliphatic carbocycles. The highest BCUT2D eigenvalue weighted by atomic mass is 16.6. The molecule has 0 saturated heterocycles. The second-order valence-corrected chi connectivity index (χ2v) is 3.67. The van der Waals surface area contributed by atoms with Crippen LogP contribution in [0, 0.1) is 5.92 Å². The molecule has 1 amide bonds. The summed E-state index contributed by atoms with van der Waals surface area (Å²) in [7, 11) is 0. The fraction of sp³-hybridized carbons (Fsp3) is 0.700. The summed E-state index contributed by atoms with van der Waals surface area (Å²) < 4.78 is 5.00. The maximum atomic E-state index is 11.0. The summed E-state index contributed by atoms with van der Waals surface area (Å²) in [5.41, 5.74) is 8.06. The van der Waals surface area contributed by atoms with Crippen LogP contribution in [0.25, 0.3) is 10.4 Å². The molecule has 0 aromatic heterocycles. The molecule has 0 bridgehead atoms. The van der Waals surface area contributed by atoms with Gasteiger partial charge in [0.15, 0.2) is 0 Å². The van der Waals surface area contributed by atoms with Crippen molar-refractivity contribution in [3.05, 3.63) is 23.1 Å². The summed E-state index contributed by atoms with van der Waals surface area (Å²) in [5.74, 6) is 0.328. The van der Waals surface area contributed by atoms with E-state index in [1.54, 1.807) is 6.08 Å².